The fourth-order valence-electron chi connectivity index (χ4n) is 1.63. The van der Waals surface area contributed by atoms with Crippen LogP contribution in [0.25, 0.3) is 0 Å². The number of aryl methyl sites for hydroxylation is 1. The maximum atomic E-state index is 11.1. The normalized spacial score (nSPS) is 12.4. The van der Waals surface area contributed by atoms with Crippen molar-refractivity contribution < 1.29 is 14.7 Å². The van der Waals surface area contributed by atoms with Gasteiger partial charge in [-0.3, -0.25) is 4.79 Å². The lowest BCUT2D eigenvalue weighted by Crippen LogP contribution is -2.20. The third kappa shape index (κ3) is 4.26. The van der Waals surface area contributed by atoms with Crippen LogP contribution in [-0.4, -0.2) is 23.5 Å². The van der Waals surface area contributed by atoms with Gasteiger partial charge >= 0.3 is 6.09 Å². The van der Waals surface area contributed by atoms with Crippen LogP contribution in [-0.2, 0) is 6.42 Å². The van der Waals surface area contributed by atoms with Crippen molar-refractivity contribution in [1.29, 1.82) is 0 Å². The van der Waals surface area contributed by atoms with Crippen LogP contribution in [0.1, 0.15) is 35.7 Å². The molecule has 4 heteroatoms. The molecule has 0 aliphatic heterocycles. The molecule has 2 N–H and O–H groups in total. The van der Waals surface area contributed by atoms with Gasteiger partial charge in [-0.2, -0.15) is 0 Å². The number of carbonyl (C=O) groups is 2. The van der Waals surface area contributed by atoms with E-state index < -0.39 is 6.09 Å². The van der Waals surface area contributed by atoms with Gasteiger partial charge < -0.3 is 10.4 Å². The molecule has 92 valence electrons. The molecule has 0 atom stereocenters. The highest BCUT2D eigenvalue weighted by Crippen LogP contribution is 2.20. The summed E-state index contributed by atoms with van der Waals surface area (Å²) < 4.78 is 0. The number of rotatable bonds is 2. The first-order valence-corrected chi connectivity index (χ1v) is 5.73. The highest BCUT2D eigenvalue weighted by atomic mass is 16.4. The zero-order valence-electron chi connectivity index (χ0n) is 9.90. The summed E-state index contributed by atoms with van der Waals surface area (Å²) in [5.74, 6) is 0.301. The van der Waals surface area contributed by atoms with E-state index in [1.165, 1.54) is 5.56 Å². The van der Waals surface area contributed by atoms with E-state index in [2.05, 4.69) is 5.32 Å². The number of nitrogens with one attached hydrogen (secondary N) is 1. The lowest BCUT2D eigenvalue weighted by Gasteiger charge is -1.92. The molecule has 0 spiro atoms. The number of hydrogen-bond donors (Lipinski definition) is 2. The van der Waals surface area contributed by atoms with Crippen LogP contribution in [0.15, 0.2) is 24.3 Å². The van der Waals surface area contributed by atoms with Gasteiger partial charge in [-0.1, -0.05) is 31.2 Å². The summed E-state index contributed by atoms with van der Waals surface area (Å²) in [6.45, 7) is 2.46. The molecule has 0 saturated heterocycles. The van der Waals surface area contributed by atoms with Crippen LogP contribution in [0, 0.1) is 0 Å². The molecule has 0 bridgehead atoms. The summed E-state index contributed by atoms with van der Waals surface area (Å²) in [4.78, 5) is 20.7. The maximum Gasteiger partial charge on any atom is 0.404 e. The van der Waals surface area contributed by atoms with Gasteiger partial charge in [0.25, 0.3) is 0 Å². The minimum atomic E-state index is -0.943. The fourth-order valence-corrected chi connectivity index (χ4v) is 1.63. The van der Waals surface area contributed by atoms with Crippen molar-refractivity contribution in [1.82, 2.24) is 5.32 Å². The number of carbonyl (C=O) groups excluding carboxylic acids is 1. The molecule has 0 radical (unpaired) electrons. The molecule has 2 rings (SSSR count). The second-order valence-electron chi connectivity index (χ2n) is 3.81. The predicted molar refractivity (Wildman–Crippen MR) is 65.4 cm³/mol. The Labute approximate surface area is 101 Å². The Kier molecular flexibility index (Phi) is 5.20. The molecular formula is C13H17NO3. The number of fused-ring (bicyclic) bond motifs is 1. The van der Waals surface area contributed by atoms with E-state index in [1.54, 1.807) is 0 Å². The van der Waals surface area contributed by atoms with Crippen LogP contribution in [0.3, 0.4) is 0 Å². The SMILES string of the molecule is CCCNC(=O)O.O=C1CCc2ccccc21. The third-order valence-electron chi connectivity index (χ3n) is 2.47. The van der Waals surface area contributed by atoms with Crippen molar-refractivity contribution in [3.8, 4) is 0 Å². The quantitative estimate of drug-likeness (QED) is 0.827. The molecule has 0 unspecified atom stereocenters. The topological polar surface area (TPSA) is 66.4 Å². The molecule has 1 aromatic carbocycles. The molecule has 1 amide bonds. The first-order chi connectivity index (χ1) is 8.15. The van der Waals surface area contributed by atoms with Gasteiger partial charge in [-0.25, -0.2) is 4.79 Å². The summed E-state index contributed by atoms with van der Waals surface area (Å²) in [6.07, 6.45) is 1.56. The zero-order chi connectivity index (χ0) is 12.7. The molecule has 1 aliphatic rings. The number of benzene rings is 1. The molecule has 0 heterocycles. The Bertz CT molecular complexity index is 401. The second kappa shape index (κ2) is 6.68. The standard InChI is InChI=1S/C9H8O.C4H9NO2/c10-9-6-5-7-3-1-2-4-8(7)9;1-2-3-5-4(6)7/h1-4H,5-6H2;5H,2-3H2,1H3,(H,6,7). The Morgan fingerprint density at radius 3 is 2.59 bits per heavy atom. The Morgan fingerprint density at radius 1 is 1.35 bits per heavy atom. The zero-order valence-corrected chi connectivity index (χ0v) is 9.90. The highest BCUT2D eigenvalue weighted by Gasteiger charge is 2.17. The van der Waals surface area contributed by atoms with E-state index in [9.17, 15) is 9.59 Å². The van der Waals surface area contributed by atoms with Crippen LogP contribution in [0.4, 0.5) is 4.79 Å². The van der Waals surface area contributed by atoms with Crippen molar-refractivity contribution in [2.45, 2.75) is 26.2 Å². The van der Waals surface area contributed by atoms with Crippen LogP contribution in [0.5, 0.6) is 0 Å². The van der Waals surface area contributed by atoms with Crippen LogP contribution in [0.2, 0.25) is 0 Å². The summed E-state index contributed by atoms with van der Waals surface area (Å²) >= 11 is 0. The van der Waals surface area contributed by atoms with Gasteiger partial charge in [-0.15, -0.1) is 0 Å². The first kappa shape index (κ1) is 13.2. The monoisotopic (exact) mass is 235 g/mol. The van der Waals surface area contributed by atoms with Gasteiger partial charge in [0.05, 0.1) is 0 Å². The number of ketones is 1. The number of carboxylic acid groups (broad SMARTS) is 1. The van der Waals surface area contributed by atoms with E-state index in [0.29, 0.717) is 18.7 Å². The molecule has 0 aromatic heterocycles. The van der Waals surface area contributed by atoms with Crippen molar-refractivity contribution in [2.75, 3.05) is 6.54 Å². The largest absolute Gasteiger partial charge is 0.465 e. The number of Topliss-reactive ketones (excluding diaryl/α,β-unsaturated/α-hetero) is 1. The van der Waals surface area contributed by atoms with Gasteiger partial charge in [0.1, 0.15) is 0 Å². The van der Waals surface area contributed by atoms with Crippen molar-refractivity contribution in [3.05, 3.63) is 35.4 Å². The molecule has 1 aromatic rings. The van der Waals surface area contributed by atoms with E-state index in [1.807, 2.05) is 31.2 Å². The molecule has 0 fully saturated rings. The van der Waals surface area contributed by atoms with Gasteiger partial charge in [0, 0.05) is 18.5 Å². The average molecular weight is 235 g/mol. The Balaban J connectivity index is 0.000000185. The minimum absolute atomic E-state index is 0.301. The van der Waals surface area contributed by atoms with Crippen LogP contribution < -0.4 is 5.32 Å². The smallest absolute Gasteiger partial charge is 0.404 e. The van der Waals surface area contributed by atoms with Crippen molar-refractivity contribution in [3.63, 3.8) is 0 Å². The molecule has 1 aliphatic carbocycles. The number of hydrogen-bond acceptors (Lipinski definition) is 2. The van der Waals surface area contributed by atoms with Gasteiger partial charge in [0.2, 0.25) is 0 Å². The van der Waals surface area contributed by atoms with Crippen molar-refractivity contribution in [2.24, 2.45) is 0 Å². The van der Waals surface area contributed by atoms with E-state index in [0.717, 1.165) is 18.4 Å². The molecule has 0 saturated carbocycles. The molecular weight excluding hydrogens is 218 g/mol. The third-order valence-corrected chi connectivity index (χ3v) is 2.47. The molecule has 17 heavy (non-hydrogen) atoms. The lowest BCUT2D eigenvalue weighted by molar-refractivity contribution is 0.0994. The summed E-state index contributed by atoms with van der Waals surface area (Å²) in [7, 11) is 0. The Hall–Kier alpha value is -1.84. The van der Waals surface area contributed by atoms with Gasteiger partial charge in [-0.05, 0) is 18.4 Å². The van der Waals surface area contributed by atoms with E-state index in [-0.39, 0.29) is 0 Å². The predicted octanol–water partition coefficient (Wildman–Crippen LogP) is 2.48. The van der Waals surface area contributed by atoms with Crippen molar-refractivity contribution >= 4 is 11.9 Å². The second-order valence-corrected chi connectivity index (χ2v) is 3.81. The Morgan fingerprint density at radius 2 is 2.06 bits per heavy atom. The number of amides is 1. The average Bonchev–Trinajstić information content (AvgIpc) is 2.70. The summed E-state index contributed by atoms with van der Waals surface area (Å²) in [5, 5.41) is 10.1. The summed E-state index contributed by atoms with van der Waals surface area (Å²) in [6, 6.07) is 7.84. The van der Waals surface area contributed by atoms with E-state index in [4.69, 9.17) is 5.11 Å². The highest BCUT2D eigenvalue weighted by molar-refractivity contribution is 6.00. The summed E-state index contributed by atoms with van der Waals surface area (Å²) in [5.41, 5.74) is 2.15. The first-order valence-electron chi connectivity index (χ1n) is 5.73. The van der Waals surface area contributed by atoms with Gasteiger partial charge in [0.15, 0.2) is 5.78 Å². The van der Waals surface area contributed by atoms with Crippen LogP contribution >= 0.6 is 0 Å². The van der Waals surface area contributed by atoms with E-state index >= 15 is 0 Å². The maximum absolute atomic E-state index is 11.1. The minimum Gasteiger partial charge on any atom is -0.465 e. The lowest BCUT2D eigenvalue weighted by atomic mass is 10.1. The molecule has 4 nitrogen and oxygen atoms in total. The fraction of sp³-hybridized carbons (Fsp3) is 0.385.